The van der Waals surface area contributed by atoms with E-state index in [9.17, 15) is 19.2 Å². The Morgan fingerprint density at radius 2 is 1.78 bits per heavy atom. The van der Waals surface area contributed by atoms with Gasteiger partial charge in [-0.2, -0.15) is 0 Å². The number of nitrogens with one attached hydrogen (secondary N) is 1. The maximum Gasteiger partial charge on any atom is 0.355 e. The number of anilines is 1. The highest BCUT2D eigenvalue weighted by Crippen LogP contribution is 2.17. The van der Waals surface area contributed by atoms with Crippen LogP contribution in [0.4, 0.5) is 5.69 Å². The highest BCUT2D eigenvalue weighted by Gasteiger charge is 2.17. The maximum absolute atomic E-state index is 12.1. The molecule has 8 nitrogen and oxygen atoms in total. The summed E-state index contributed by atoms with van der Waals surface area (Å²) >= 11 is 0. The van der Waals surface area contributed by atoms with Gasteiger partial charge in [0, 0.05) is 24.5 Å². The zero-order valence-corrected chi connectivity index (χ0v) is 15.5. The fourth-order valence-corrected chi connectivity index (χ4v) is 2.35. The van der Waals surface area contributed by atoms with E-state index in [1.165, 1.54) is 36.9 Å². The summed E-state index contributed by atoms with van der Waals surface area (Å²) in [5, 5.41) is 2.59. The molecule has 0 saturated heterocycles. The lowest BCUT2D eigenvalue weighted by Crippen LogP contribution is -2.22. The molecule has 0 aliphatic carbocycles. The highest BCUT2D eigenvalue weighted by atomic mass is 16.5. The molecular weight excluding hydrogens is 352 g/mol. The average molecular weight is 372 g/mol. The SMILES string of the molecule is COC(=O)c1ccc(C)c(NC(=O)COC(=O)c2cc(C(C)=O)cn2C)c1. The van der Waals surface area contributed by atoms with Crippen molar-refractivity contribution in [2.75, 3.05) is 19.0 Å². The van der Waals surface area contributed by atoms with E-state index < -0.39 is 24.5 Å². The lowest BCUT2D eigenvalue weighted by Gasteiger charge is -2.10. The fraction of sp³-hybridized carbons (Fsp3) is 0.263. The molecule has 142 valence electrons. The van der Waals surface area contributed by atoms with Crippen molar-refractivity contribution in [1.29, 1.82) is 0 Å². The van der Waals surface area contributed by atoms with Crippen LogP contribution in [0.5, 0.6) is 0 Å². The summed E-state index contributed by atoms with van der Waals surface area (Å²) in [5.74, 6) is -1.99. The predicted octanol–water partition coefficient (Wildman–Crippen LogP) is 2.12. The van der Waals surface area contributed by atoms with Crippen molar-refractivity contribution in [1.82, 2.24) is 4.57 Å². The van der Waals surface area contributed by atoms with Gasteiger partial charge in [0.05, 0.1) is 12.7 Å². The summed E-state index contributed by atoms with van der Waals surface area (Å²) in [4.78, 5) is 47.2. The molecule has 27 heavy (non-hydrogen) atoms. The molecule has 0 bridgehead atoms. The second-order valence-electron chi connectivity index (χ2n) is 5.93. The number of carbonyl (C=O) groups excluding carboxylic acids is 4. The van der Waals surface area contributed by atoms with Crippen LogP contribution in [0.1, 0.15) is 43.7 Å². The molecule has 0 aliphatic rings. The quantitative estimate of drug-likeness (QED) is 0.615. The van der Waals surface area contributed by atoms with Gasteiger partial charge in [-0.05, 0) is 37.6 Å². The molecule has 0 fully saturated rings. The first-order chi connectivity index (χ1) is 12.7. The summed E-state index contributed by atoms with van der Waals surface area (Å²) in [6.45, 7) is 2.64. The monoisotopic (exact) mass is 372 g/mol. The standard InChI is InChI=1S/C19H20N2O6/c1-11-5-6-13(18(24)26-4)7-15(11)20-17(23)10-27-19(25)16-8-14(12(2)22)9-21(16)3/h5-9H,10H2,1-4H3,(H,20,23). The number of hydrogen-bond donors (Lipinski definition) is 1. The van der Waals surface area contributed by atoms with Crippen LogP contribution in [-0.2, 0) is 21.3 Å². The van der Waals surface area contributed by atoms with Crippen molar-refractivity contribution >= 4 is 29.3 Å². The Morgan fingerprint density at radius 3 is 2.37 bits per heavy atom. The van der Waals surface area contributed by atoms with Crippen molar-refractivity contribution in [2.24, 2.45) is 7.05 Å². The molecule has 1 aromatic carbocycles. The minimum absolute atomic E-state index is 0.164. The largest absolute Gasteiger partial charge is 0.465 e. The van der Waals surface area contributed by atoms with Crippen molar-refractivity contribution in [3.63, 3.8) is 0 Å². The Kier molecular flexibility index (Phi) is 6.12. The number of rotatable bonds is 6. The molecule has 0 atom stereocenters. The summed E-state index contributed by atoms with van der Waals surface area (Å²) in [5.41, 5.74) is 1.98. The number of esters is 2. The molecule has 1 aromatic heterocycles. The average Bonchev–Trinajstić information content (AvgIpc) is 3.03. The molecule has 0 spiro atoms. The number of ketones is 1. The molecule has 2 rings (SSSR count). The second-order valence-corrected chi connectivity index (χ2v) is 5.93. The number of Topliss-reactive ketones (excluding diaryl/α,β-unsaturated/α-hetero) is 1. The van der Waals surface area contributed by atoms with Gasteiger partial charge in [0.2, 0.25) is 0 Å². The Bertz CT molecular complexity index is 913. The third-order valence-corrected chi connectivity index (χ3v) is 3.89. The summed E-state index contributed by atoms with van der Waals surface area (Å²) < 4.78 is 11.1. The lowest BCUT2D eigenvalue weighted by atomic mass is 10.1. The van der Waals surface area contributed by atoms with Crippen LogP contribution >= 0.6 is 0 Å². The van der Waals surface area contributed by atoms with E-state index in [-0.39, 0.29) is 17.0 Å². The van der Waals surface area contributed by atoms with Gasteiger partial charge in [-0.15, -0.1) is 0 Å². The molecule has 1 N–H and O–H groups in total. The number of benzene rings is 1. The minimum Gasteiger partial charge on any atom is -0.465 e. The van der Waals surface area contributed by atoms with E-state index in [1.807, 2.05) is 0 Å². The molecule has 1 heterocycles. The molecule has 0 aliphatic heterocycles. The van der Waals surface area contributed by atoms with Gasteiger partial charge >= 0.3 is 11.9 Å². The van der Waals surface area contributed by atoms with Crippen LogP contribution in [0.15, 0.2) is 30.5 Å². The van der Waals surface area contributed by atoms with E-state index in [0.717, 1.165) is 5.56 Å². The molecule has 1 amide bonds. The summed E-state index contributed by atoms with van der Waals surface area (Å²) in [6, 6.07) is 6.14. The first-order valence-electron chi connectivity index (χ1n) is 8.06. The van der Waals surface area contributed by atoms with E-state index in [0.29, 0.717) is 11.3 Å². The van der Waals surface area contributed by atoms with Crippen molar-refractivity contribution in [2.45, 2.75) is 13.8 Å². The van der Waals surface area contributed by atoms with Gasteiger partial charge in [0.25, 0.3) is 5.91 Å². The number of methoxy groups -OCH3 is 1. The molecule has 0 radical (unpaired) electrons. The van der Waals surface area contributed by atoms with Crippen LogP contribution < -0.4 is 5.32 Å². The Morgan fingerprint density at radius 1 is 1.07 bits per heavy atom. The normalized spacial score (nSPS) is 10.2. The van der Waals surface area contributed by atoms with Crippen LogP contribution in [-0.4, -0.2) is 41.9 Å². The third-order valence-electron chi connectivity index (χ3n) is 3.89. The van der Waals surface area contributed by atoms with E-state index >= 15 is 0 Å². The maximum atomic E-state index is 12.1. The minimum atomic E-state index is -0.722. The van der Waals surface area contributed by atoms with Crippen LogP contribution in [0.3, 0.4) is 0 Å². The number of nitrogens with zero attached hydrogens (tertiary/aromatic N) is 1. The number of amides is 1. The summed E-state index contributed by atoms with van der Waals surface area (Å²) in [6.07, 6.45) is 1.51. The van der Waals surface area contributed by atoms with Crippen LogP contribution in [0, 0.1) is 6.92 Å². The van der Waals surface area contributed by atoms with Crippen molar-refractivity contribution in [3.8, 4) is 0 Å². The number of carbonyl (C=O) groups is 4. The lowest BCUT2D eigenvalue weighted by molar-refractivity contribution is -0.119. The summed E-state index contributed by atoms with van der Waals surface area (Å²) in [7, 11) is 2.87. The van der Waals surface area contributed by atoms with Gasteiger partial charge in [-0.3, -0.25) is 9.59 Å². The number of aryl methyl sites for hydroxylation is 2. The van der Waals surface area contributed by atoms with Gasteiger partial charge in [-0.25, -0.2) is 9.59 Å². The predicted molar refractivity (Wildman–Crippen MR) is 96.8 cm³/mol. The highest BCUT2D eigenvalue weighted by molar-refractivity contribution is 5.99. The Balaban J connectivity index is 2.01. The van der Waals surface area contributed by atoms with Crippen molar-refractivity contribution < 1.29 is 28.7 Å². The van der Waals surface area contributed by atoms with E-state index in [1.54, 1.807) is 26.1 Å². The van der Waals surface area contributed by atoms with Gasteiger partial charge in [0.15, 0.2) is 12.4 Å². The topological polar surface area (TPSA) is 104 Å². The second kappa shape index (κ2) is 8.31. The molecule has 0 unspecified atom stereocenters. The zero-order valence-electron chi connectivity index (χ0n) is 15.5. The first kappa shape index (κ1) is 19.9. The van der Waals surface area contributed by atoms with Gasteiger partial charge in [0.1, 0.15) is 5.69 Å². The smallest absolute Gasteiger partial charge is 0.355 e. The first-order valence-corrected chi connectivity index (χ1v) is 8.06. The third kappa shape index (κ3) is 4.81. The van der Waals surface area contributed by atoms with E-state index in [4.69, 9.17) is 4.74 Å². The molecule has 2 aromatic rings. The number of hydrogen-bond acceptors (Lipinski definition) is 6. The molecule has 8 heteroatoms. The molecular formula is C19H20N2O6. The number of ether oxygens (including phenoxy) is 2. The Hall–Kier alpha value is -3.42. The zero-order chi connectivity index (χ0) is 20.1. The Labute approximate surface area is 156 Å². The van der Waals surface area contributed by atoms with Gasteiger partial charge < -0.3 is 19.4 Å². The van der Waals surface area contributed by atoms with Crippen LogP contribution in [0.2, 0.25) is 0 Å². The molecule has 0 saturated carbocycles. The fourth-order valence-electron chi connectivity index (χ4n) is 2.35. The van der Waals surface area contributed by atoms with Gasteiger partial charge in [-0.1, -0.05) is 6.07 Å². The van der Waals surface area contributed by atoms with E-state index in [2.05, 4.69) is 10.1 Å². The van der Waals surface area contributed by atoms with Crippen LogP contribution in [0.25, 0.3) is 0 Å². The number of aromatic nitrogens is 1. The van der Waals surface area contributed by atoms with Crippen molar-refractivity contribution in [3.05, 3.63) is 52.8 Å².